The molecule has 0 amide bonds. The standard InChI is InChI=1S/C15H20N2O2S/c1-4-17(12-7-5-11(2)6-8-12)15-16-13(10-19-3)14(9-18)20-15/h5-8,18H,4,9-10H2,1-3H3. The third-order valence-electron chi connectivity index (χ3n) is 3.08. The lowest BCUT2D eigenvalue weighted by molar-refractivity contribution is 0.179. The van der Waals surface area contributed by atoms with Crippen molar-refractivity contribution in [2.45, 2.75) is 27.1 Å². The van der Waals surface area contributed by atoms with Crippen molar-refractivity contribution in [3.63, 3.8) is 0 Å². The number of aryl methyl sites for hydroxylation is 1. The van der Waals surface area contributed by atoms with E-state index in [4.69, 9.17) is 4.74 Å². The number of aliphatic hydroxyl groups excluding tert-OH is 1. The lowest BCUT2D eigenvalue weighted by Gasteiger charge is -2.20. The van der Waals surface area contributed by atoms with E-state index in [0.717, 1.165) is 27.9 Å². The molecule has 0 fully saturated rings. The number of benzene rings is 1. The minimum atomic E-state index is 0.00180. The molecule has 0 spiro atoms. The third kappa shape index (κ3) is 3.17. The fourth-order valence-corrected chi connectivity index (χ4v) is 3.02. The van der Waals surface area contributed by atoms with Gasteiger partial charge in [0.15, 0.2) is 5.13 Å². The van der Waals surface area contributed by atoms with Crippen LogP contribution in [0.3, 0.4) is 0 Å². The van der Waals surface area contributed by atoms with Crippen LogP contribution in [0.25, 0.3) is 0 Å². The normalized spacial score (nSPS) is 10.8. The maximum atomic E-state index is 9.42. The molecule has 0 atom stereocenters. The number of nitrogens with zero attached hydrogens (tertiary/aromatic N) is 2. The highest BCUT2D eigenvalue weighted by atomic mass is 32.1. The second-order valence-corrected chi connectivity index (χ2v) is 5.60. The van der Waals surface area contributed by atoms with Crippen molar-refractivity contribution in [2.24, 2.45) is 0 Å². The molecule has 0 aliphatic heterocycles. The first-order valence-corrected chi connectivity index (χ1v) is 7.43. The molecule has 1 heterocycles. The Morgan fingerprint density at radius 1 is 1.30 bits per heavy atom. The molecular formula is C15H20N2O2S. The fraction of sp³-hybridized carbons (Fsp3) is 0.400. The van der Waals surface area contributed by atoms with Crippen molar-refractivity contribution in [3.8, 4) is 0 Å². The Labute approximate surface area is 123 Å². The first-order valence-electron chi connectivity index (χ1n) is 6.62. The average Bonchev–Trinajstić information content (AvgIpc) is 2.85. The van der Waals surface area contributed by atoms with E-state index in [1.54, 1.807) is 7.11 Å². The summed E-state index contributed by atoms with van der Waals surface area (Å²) in [7, 11) is 1.64. The van der Waals surface area contributed by atoms with Crippen LogP contribution in [0.4, 0.5) is 10.8 Å². The van der Waals surface area contributed by atoms with E-state index < -0.39 is 0 Å². The number of anilines is 2. The largest absolute Gasteiger partial charge is 0.391 e. The summed E-state index contributed by atoms with van der Waals surface area (Å²) < 4.78 is 5.13. The molecule has 1 aromatic carbocycles. The van der Waals surface area contributed by atoms with Crippen LogP contribution >= 0.6 is 11.3 Å². The summed E-state index contributed by atoms with van der Waals surface area (Å²) in [5, 5.41) is 10.3. The van der Waals surface area contributed by atoms with Gasteiger partial charge in [0, 0.05) is 19.3 Å². The summed E-state index contributed by atoms with van der Waals surface area (Å²) in [4.78, 5) is 7.61. The number of thiazole rings is 1. The molecule has 0 saturated heterocycles. The van der Waals surface area contributed by atoms with Gasteiger partial charge in [0.2, 0.25) is 0 Å². The molecule has 4 nitrogen and oxygen atoms in total. The molecule has 20 heavy (non-hydrogen) atoms. The Morgan fingerprint density at radius 2 is 2.00 bits per heavy atom. The lowest BCUT2D eigenvalue weighted by atomic mass is 10.2. The van der Waals surface area contributed by atoms with E-state index in [0.29, 0.717) is 6.61 Å². The third-order valence-corrected chi connectivity index (χ3v) is 4.19. The fourth-order valence-electron chi connectivity index (χ4n) is 2.01. The van der Waals surface area contributed by atoms with Crippen LogP contribution in [0.15, 0.2) is 24.3 Å². The van der Waals surface area contributed by atoms with Gasteiger partial charge in [-0.25, -0.2) is 4.98 Å². The summed E-state index contributed by atoms with van der Waals surface area (Å²) in [6.07, 6.45) is 0. The highest BCUT2D eigenvalue weighted by Crippen LogP contribution is 2.32. The predicted molar refractivity (Wildman–Crippen MR) is 82.6 cm³/mol. The number of hydrogen-bond donors (Lipinski definition) is 1. The first kappa shape index (κ1) is 15.0. The van der Waals surface area contributed by atoms with Crippen molar-refractivity contribution < 1.29 is 9.84 Å². The Morgan fingerprint density at radius 3 is 2.55 bits per heavy atom. The number of ether oxygens (including phenoxy) is 1. The van der Waals surface area contributed by atoms with Crippen LogP contribution in [0, 0.1) is 6.92 Å². The summed E-state index contributed by atoms with van der Waals surface area (Å²) >= 11 is 1.52. The number of aromatic nitrogens is 1. The Bertz CT molecular complexity index is 552. The Balaban J connectivity index is 2.33. The summed E-state index contributed by atoms with van der Waals surface area (Å²) in [5.74, 6) is 0. The number of rotatable bonds is 6. The zero-order chi connectivity index (χ0) is 14.5. The van der Waals surface area contributed by atoms with Gasteiger partial charge >= 0.3 is 0 Å². The van der Waals surface area contributed by atoms with E-state index in [-0.39, 0.29) is 6.61 Å². The summed E-state index contributed by atoms with van der Waals surface area (Å²) in [5.41, 5.74) is 3.17. The van der Waals surface area contributed by atoms with E-state index >= 15 is 0 Å². The minimum Gasteiger partial charge on any atom is -0.391 e. The molecule has 1 aromatic heterocycles. The molecule has 2 aromatic rings. The van der Waals surface area contributed by atoms with Crippen LogP contribution in [0.2, 0.25) is 0 Å². The Kier molecular flexibility index (Phi) is 5.11. The SMILES string of the molecule is CCN(c1ccc(C)cc1)c1nc(COC)c(CO)s1. The van der Waals surface area contributed by atoms with Gasteiger partial charge in [-0.1, -0.05) is 29.0 Å². The van der Waals surface area contributed by atoms with E-state index in [9.17, 15) is 5.11 Å². The quantitative estimate of drug-likeness (QED) is 0.887. The topological polar surface area (TPSA) is 45.6 Å². The molecule has 0 radical (unpaired) electrons. The average molecular weight is 292 g/mol. The van der Waals surface area contributed by atoms with Gasteiger partial charge in [0.05, 0.1) is 23.8 Å². The highest BCUT2D eigenvalue weighted by molar-refractivity contribution is 7.15. The molecule has 108 valence electrons. The zero-order valence-corrected chi connectivity index (χ0v) is 12.9. The highest BCUT2D eigenvalue weighted by Gasteiger charge is 2.16. The summed E-state index contributed by atoms with van der Waals surface area (Å²) in [6.45, 7) is 5.42. The molecule has 0 saturated carbocycles. The van der Waals surface area contributed by atoms with Gasteiger partial charge in [-0.2, -0.15) is 0 Å². The maximum Gasteiger partial charge on any atom is 0.190 e. The van der Waals surface area contributed by atoms with Crippen molar-refractivity contribution in [1.29, 1.82) is 0 Å². The van der Waals surface area contributed by atoms with Crippen LogP contribution < -0.4 is 4.90 Å². The molecule has 0 bridgehead atoms. The van der Waals surface area contributed by atoms with Gasteiger partial charge in [-0.15, -0.1) is 0 Å². The number of hydrogen-bond acceptors (Lipinski definition) is 5. The van der Waals surface area contributed by atoms with Crippen molar-refractivity contribution in [2.75, 3.05) is 18.6 Å². The second-order valence-electron chi connectivity index (χ2n) is 4.54. The molecule has 0 aliphatic carbocycles. The van der Waals surface area contributed by atoms with E-state index in [1.807, 2.05) is 0 Å². The van der Waals surface area contributed by atoms with Gasteiger partial charge in [-0.05, 0) is 26.0 Å². The smallest absolute Gasteiger partial charge is 0.190 e. The van der Waals surface area contributed by atoms with E-state index in [1.165, 1.54) is 16.9 Å². The first-order chi connectivity index (χ1) is 9.69. The Hall–Kier alpha value is -1.43. The van der Waals surface area contributed by atoms with Gasteiger partial charge < -0.3 is 14.7 Å². The van der Waals surface area contributed by atoms with Crippen LogP contribution in [-0.4, -0.2) is 23.7 Å². The molecule has 0 unspecified atom stereocenters. The maximum absolute atomic E-state index is 9.42. The molecule has 1 N–H and O–H groups in total. The van der Waals surface area contributed by atoms with Gasteiger partial charge in [0.25, 0.3) is 0 Å². The van der Waals surface area contributed by atoms with Crippen LogP contribution in [-0.2, 0) is 18.0 Å². The van der Waals surface area contributed by atoms with E-state index in [2.05, 4.69) is 48.0 Å². The van der Waals surface area contributed by atoms with Crippen LogP contribution in [0.5, 0.6) is 0 Å². The summed E-state index contributed by atoms with van der Waals surface area (Å²) in [6, 6.07) is 8.37. The lowest BCUT2D eigenvalue weighted by Crippen LogP contribution is -2.15. The molecular weight excluding hydrogens is 272 g/mol. The van der Waals surface area contributed by atoms with Gasteiger partial charge in [-0.3, -0.25) is 0 Å². The minimum absolute atomic E-state index is 0.00180. The molecule has 5 heteroatoms. The monoisotopic (exact) mass is 292 g/mol. The van der Waals surface area contributed by atoms with Crippen LogP contribution in [0.1, 0.15) is 23.1 Å². The van der Waals surface area contributed by atoms with Crippen molar-refractivity contribution in [1.82, 2.24) is 4.98 Å². The second kappa shape index (κ2) is 6.83. The molecule has 2 rings (SSSR count). The number of aliphatic hydroxyl groups is 1. The van der Waals surface area contributed by atoms with Crippen molar-refractivity contribution >= 4 is 22.2 Å². The number of methoxy groups -OCH3 is 1. The van der Waals surface area contributed by atoms with Crippen molar-refractivity contribution in [3.05, 3.63) is 40.4 Å². The van der Waals surface area contributed by atoms with Gasteiger partial charge in [0.1, 0.15) is 0 Å². The molecule has 0 aliphatic rings. The zero-order valence-electron chi connectivity index (χ0n) is 12.1. The predicted octanol–water partition coefficient (Wildman–Crippen LogP) is 3.25.